The first-order valence-electron chi connectivity index (χ1n) is 6.05. The van der Waals surface area contributed by atoms with E-state index < -0.39 is 4.92 Å². The predicted molar refractivity (Wildman–Crippen MR) is 72.1 cm³/mol. The van der Waals surface area contributed by atoms with Crippen molar-refractivity contribution in [1.82, 2.24) is 29.4 Å². The van der Waals surface area contributed by atoms with Crippen LogP contribution in [-0.4, -0.2) is 34.3 Å². The van der Waals surface area contributed by atoms with E-state index in [4.69, 9.17) is 5.84 Å². The Bertz CT molecular complexity index is 821. The van der Waals surface area contributed by atoms with Crippen LogP contribution >= 0.6 is 0 Å². The Hall–Kier alpha value is -3.08. The van der Waals surface area contributed by atoms with Crippen molar-refractivity contribution in [3.8, 4) is 11.6 Å². The van der Waals surface area contributed by atoms with Crippen molar-refractivity contribution < 1.29 is 4.92 Å². The van der Waals surface area contributed by atoms with Gasteiger partial charge in [0.15, 0.2) is 11.5 Å². The highest BCUT2D eigenvalue weighted by molar-refractivity contribution is 5.54. The Balaban J connectivity index is 2.23. The van der Waals surface area contributed by atoms with Crippen molar-refractivity contribution in [3.05, 3.63) is 28.4 Å². The monoisotopic (exact) mass is 289 g/mol. The van der Waals surface area contributed by atoms with Crippen LogP contribution in [0.2, 0.25) is 0 Å². The fourth-order valence-electron chi connectivity index (χ4n) is 2.01. The topological polar surface area (TPSA) is 142 Å². The van der Waals surface area contributed by atoms with Crippen LogP contribution in [0.25, 0.3) is 17.3 Å². The lowest BCUT2D eigenvalue weighted by Gasteiger charge is -2.02. The van der Waals surface area contributed by atoms with Gasteiger partial charge < -0.3 is 15.5 Å². The van der Waals surface area contributed by atoms with Gasteiger partial charge in [-0.2, -0.15) is 4.52 Å². The Labute approximate surface area is 117 Å². The Morgan fingerprint density at radius 3 is 2.86 bits per heavy atom. The van der Waals surface area contributed by atoms with Gasteiger partial charge in [-0.25, -0.2) is 15.4 Å². The maximum atomic E-state index is 11.0. The molecule has 0 amide bonds. The molecule has 0 fully saturated rings. The van der Waals surface area contributed by atoms with Gasteiger partial charge in [-0.15, -0.1) is 15.3 Å². The van der Waals surface area contributed by atoms with E-state index in [1.165, 1.54) is 15.3 Å². The predicted octanol–water partition coefficient (Wildman–Crippen LogP) is 0.201. The van der Waals surface area contributed by atoms with Crippen molar-refractivity contribution in [2.75, 3.05) is 5.43 Å². The zero-order valence-electron chi connectivity index (χ0n) is 11.0. The average molecular weight is 289 g/mol. The quantitative estimate of drug-likeness (QED) is 0.394. The third-order valence-electron chi connectivity index (χ3n) is 2.95. The van der Waals surface area contributed by atoms with E-state index in [0.29, 0.717) is 29.7 Å². The third kappa shape index (κ3) is 1.95. The molecule has 0 aromatic carbocycles. The molecule has 0 radical (unpaired) electrons. The molecular formula is C10H11N9O2. The van der Waals surface area contributed by atoms with Crippen LogP contribution in [0.1, 0.15) is 6.92 Å². The number of imidazole rings is 1. The van der Waals surface area contributed by atoms with Gasteiger partial charge >= 0.3 is 5.82 Å². The largest absolute Gasteiger partial charge is 0.358 e. The fraction of sp³-hybridized carbons (Fsp3) is 0.200. The van der Waals surface area contributed by atoms with E-state index in [0.717, 1.165) is 0 Å². The van der Waals surface area contributed by atoms with E-state index in [1.807, 2.05) is 0 Å². The first kappa shape index (κ1) is 12.9. The van der Waals surface area contributed by atoms with Gasteiger partial charge in [0.25, 0.3) is 5.82 Å². The summed E-state index contributed by atoms with van der Waals surface area (Å²) in [5, 5.41) is 23.1. The van der Waals surface area contributed by atoms with Crippen LogP contribution in [0.5, 0.6) is 0 Å². The molecule has 0 bridgehead atoms. The number of hydrogen-bond acceptors (Lipinski definition) is 8. The number of nitrogens with one attached hydrogen (secondary N) is 1. The van der Waals surface area contributed by atoms with Crippen LogP contribution in [0, 0.1) is 10.1 Å². The summed E-state index contributed by atoms with van der Waals surface area (Å²) in [6, 6.07) is 3.31. The minimum atomic E-state index is -0.497. The molecule has 0 aliphatic heterocycles. The van der Waals surface area contributed by atoms with Crippen LogP contribution in [-0.2, 0) is 6.54 Å². The van der Waals surface area contributed by atoms with E-state index in [2.05, 4.69) is 25.7 Å². The zero-order valence-corrected chi connectivity index (χ0v) is 11.0. The molecule has 0 aliphatic rings. The number of rotatable bonds is 4. The van der Waals surface area contributed by atoms with Crippen molar-refractivity contribution in [2.45, 2.75) is 13.5 Å². The standard InChI is InChI=1S/C10H11N9O2/c1-2-17-8(19(20)21)5-12-9(17)10-15-14-7-4-3-6(13-11)16-18(7)10/h3-5H,2,11H2,1H3,(H,13,16). The van der Waals surface area contributed by atoms with Crippen LogP contribution < -0.4 is 11.3 Å². The first-order valence-corrected chi connectivity index (χ1v) is 6.05. The molecular weight excluding hydrogens is 278 g/mol. The second kappa shape index (κ2) is 4.79. The number of aromatic nitrogens is 6. The van der Waals surface area contributed by atoms with Gasteiger partial charge in [0.2, 0.25) is 5.82 Å². The maximum Gasteiger partial charge on any atom is 0.343 e. The molecule has 0 saturated carbocycles. The Morgan fingerprint density at radius 1 is 1.38 bits per heavy atom. The number of nitrogens with two attached hydrogens (primary N) is 1. The number of hydrogen-bond donors (Lipinski definition) is 2. The summed E-state index contributed by atoms with van der Waals surface area (Å²) >= 11 is 0. The second-order valence-corrected chi connectivity index (χ2v) is 4.10. The highest BCUT2D eigenvalue weighted by atomic mass is 16.6. The van der Waals surface area contributed by atoms with E-state index in [9.17, 15) is 10.1 Å². The molecule has 3 heterocycles. The average Bonchev–Trinajstić information content (AvgIpc) is 3.09. The number of nitrogens with zero attached hydrogens (tertiary/aromatic N) is 7. The summed E-state index contributed by atoms with van der Waals surface area (Å²) in [6.07, 6.45) is 1.19. The minimum absolute atomic E-state index is 0.114. The maximum absolute atomic E-state index is 11.0. The molecule has 3 N–H and O–H groups in total. The normalized spacial score (nSPS) is 11.0. The van der Waals surface area contributed by atoms with Crippen LogP contribution in [0.15, 0.2) is 18.3 Å². The lowest BCUT2D eigenvalue weighted by Crippen LogP contribution is -2.11. The molecule has 11 heteroatoms. The second-order valence-electron chi connectivity index (χ2n) is 4.10. The zero-order chi connectivity index (χ0) is 15.0. The molecule has 0 atom stereocenters. The molecule has 0 unspecified atom stereocenters. The summed E-state index contributed by atoms with van der Waals surface area (Å²) in [6.45, 7) is 2.15. The van der Waals surface area contributed by atoms with Gasteiger partial charge in [0.1, 0.15) is 6.20 Å². The molecule has 0 saturated heterocycles. The number of hydrazine groups is 1. The SMILES string of the molecule is CCn1c([N+](=O)[O-])cnc1-c1nnc2ccc(NN)nn12. The summed E-state index contributed by atoms with van der Waals surface area (Å²) < 4.78 is 2.86. The van der Waals surface area contributed by atoms with E-state index >= 15 is 0 Å². The number of anilines is 1. The Kier molecular flexibility index (Phi) is 2.95. The molecule has 3 aromatic heterocycles. The number of nitrogen functional groups attached to an aromatic ring is 1. The van der Waals surface area contributed by atoms with Gasteiger partial charge in [-0.05, 0) is 24.0 Å². The molecule has 0 aliphatic carbocycles. The molecule has 11 nitrogen and oxygen atoms in total. The fourth-order valence-corrected chi connectivity index (χ4v) is 2.01. The van der Waals surface area contributed by atoms with Crippen molar-refractivity contribution in [3.63, 3.8) is 0 Å². The van der Waals surface area contributed by atoms with Crippen molar-refractivity contribution in [1.29, 1.82) is 0 Å². The van der Waals surface area contributed by atoms with Crippen molar-refractivity contribution >= 4 is 17.3 Å². The van der Waals surface area contributed by atoms with Gasteiger partial charge in [0, 0.05) is 0 Å². The molecule has 21 heavy (non-hydrogen) atoms. The lowest BCUT2D eigenvalue weighted by molar-refractivity contribution is -0.392. The third-order valence-corrected chi connectivity index (χ3v) is 2.95. The van der Waals surface area contributed by atoms with E-state index in [1.54, 1.807) is 19.1 Å². The smallest absolute Gasteiger partial charge is 0.343 e. The van der Waals surface area contributed by atoms with Gasteiger partial charge in [-0.1, -0.05) is 0 Å². The number of fused-ring (bicyclic) bond motifs is 1. The molecule has 0 spiro atoms. The van der Waals surface area contributed by atoms with Crippen molar-refractivity contribution in [2.24, 2.45) is 5.84 Å². The highest BCUT2D eigenvalue weighted by Crippen LogP contribution is 2.22. The van der Waals surface area contributed by atoms with E-state index in [-0.39, 0.29) is 5.82 Å². The summed E-state index contributed by atoms with van der Waals surface area (Å²) in [7, 11) is 0. The molecule has 3 aromatic rings. The molecule has 3 rings (SSSR count). The Morgan fingerprint density at radius 2 is 2.19 bits per heavy atom. The van der Waals surface area contributed by atoms with Gasteiger partial charge in [0.05, 0.1) is 6.54 Å². The summed E-state index contributed by atoms with van der Waals surface area (Å²) in [5.41, 5.74) is 2.90. The first-order chi connectivity index (χ1) is 10.2. The lowest BCUT2D eigenvalue weighted by atomic mass is 10.5. The van der Waals surface area contributed by atoms with Crippen LogP contribution in [0.4, 0.5) is 11.6 Å². The number of nitro groups is 1. The summed E-state index contributed by atoms with van der Waals surface area (Å²) in [5.74, 6) is 6.24. The van der Waals surface area contributed by atoms with Crippen LogP contribution in [0.3, 0.4) is 0 Å². The minimum Gasteiger partial charge on any atom is -0.358 e. The molecule has 108 valence electrons. The summed E-state index contributed by atoms with van der Waals surface area (Å²) in [4.78, 5) is 14.6. The highest BCUT2D eigenvalue weighted by Gasteiger charge is 2.24. The van der Waals surface area contributed by atoms with Gasteiger partial charge in [-0.3, -0.25) is 0 Å².